The van der Waals surface area contributed by atoms with Crippen LogP contribution in [0.2, 0.25) is 0 Å². The van der Waals surface area contributed by atoms with Crippen molar-refractivity contribution in [3.63, 3.8) is 0 Å². The van der Waals surface area contributed by atoms with Crippen LogP contribution in [0.3, 0.4) is 0 Å². The van der Waals surface area contributed by atoms with Crippen molar-refractivity contribution in [1.82, 2.24) is 19.9 Å². The molecule has 3 heterocycles. The highest BCUT2D eigenvalue weighted by Crippen LogP contribution is 2.32. The number of ketones is 1. The van der Waals surface area contributed by atoms with E-state index in [1.54, 1.807) is 18.1 Å². The Bertz CT molecular complexity index is 1570. The van der Waals surface area contributed by atoms with Crippen molar-refractivity contribution in [2.75, 3.05) is 13.7 Å². The zero-order valence-corrected chi connectivity index (χ0v) is 20.5. The highest BCUT2D eigenvalue weighted by Gasteiger charge is 2.32. The lowest BCUT2D eigenvalue weighted by Crippen LogP contribution is -2.37. The molecule has 2 aromatic carbocycles. The van der Waals surface area contributed by atoms with Crippen molar-refractivity contribution in [2.45, 2.75) is 19.1 Å². The largest absolute Gasteiger partial charge is 0.497 e. The van der Waals surface area contributed by atoms with E-state index in [4.69, 9.17) is 4.74 Å². The first kappa shape index (κ1) is 26.0. The third-order valence-corrected chi connectivity index (χ3v) is 6.37. The van der Waals surface area contributed by atoms with Gasteiger partial charge < -0.3 is 9.64 Å². The topological polar surface area (TPSA) is 85.3 Å². The van der Waals surface area contributed by atoms with Gasteiger partial charge >= 0.3 is 6.18 Å². The molecule has 0 N–H and O–H groups in total. The molecule has 0 aliphatic carbocycles. The SMILES string of the molecule is COc1ccc(CN2CCc3c(ccnc3-c3cc(C(=O)c4cc(F)cc(C(F)(F)F)c4)ncn3)C2=O)cc1. The molecule has 1 amide bonds. The summed E-state index contributed by atoms with van der Waals surface area (Å²) in [5, 5.41) is 0. The number of rotatable bonds is 6. The molecular weight excluding hydrogens is 516 g/mol. The highest BCUT2D eigenvalue weighted by molar-refractivity contribution is 6.08. The molecule has 39 heavy (non-hydrogen) atoms. The fraction of sp³-hybridized carbons (Fsp3) is 0.179. The van der Waals surface area contributed by atoms with Gasteiger partial charge in [0, 0.05) is 30.4 Å². The van der Waals surface area contributed by atoms with Crippen LogP contribution in [-0.2, 0) is 19.1 Å². The summed E-state index contributed by atoms with van der Waals surface area (Å²) in [5.41, 5.74) is 0.567. The summed E-state index contributed by atoms with van der Waals surface area (Å²) in [6.07, 6.45) is -1.83. The summed E-state index contributed by atoms with van der Waals surface area (Å²) >= 11 is 0. The second-order valence-electron chi connectivity index (χ2n) is 8.85. The molecule has 1 aliphatic heterocycles. The number of carbonyl (C=O) groups is 2. The van der Waals surface area contributed by atoms with E-state index in [9.17, 15) is 27.2 Å². The molecule has 0 unspecified atom stereocenters. The maximum Gasteiger partial charge on any atom is 0.416 e. The van der Waals surface area contributed by atoms with Crippen molar-refractivity contribution in [2.24, 2.45) is 0 Å². The predicted molar refractivity (Wildman–Crippen MR) is 132 cm³/mol. The summed E-state index contributed by atoms with van der Waals surface area (Å²) in [6, 6.07) is 11.9. The number of pyridine rings is 1. The van der Waals surface area contributed by atoms with Crippen molar-refractivity contribution in [3.05, 3.63) is 106 Å². The number of amides is 1. The summed E-state index contributed by atoms with van der Waals surface area (Å²) in [5.74, 6) is -1.58. The van der Waals surface area contributed by atoms with Gasteiger partial charge in [-0.05, 0) is 60.0 Å². The van der Waals surface area contributed by atoms with E-state index in [-0.39, 0.29) is 17.3 Å². The van der Waals surface area contributed by atoms with Crippen LogP contribution in [0.25, 0.3) is 11.4 Å². The van der Waals surface area contributed by atoms with Crippen molar-refractivity contribution in [1.29, 1.82) is 0 Å². The number of ether oxygens (including phenoxy) is 1. The number of hydrogen-bond acceptors (Lipinski definition) is 6. The van der Waals surface area contributed by atoms with Gasteiger partial charge in [-0.2, -0.15) is 13.2 Å². The number of fused-ring (bicyclic) bond motifs is 1. The summed E-state index contributed by atoms with van der Waals surface area (Å²) in [7, 11) is 1.58. The van der Waals surface area contributed by atoms with Gasteiger partial charge in [0.2, 0.25) is 5.78 Å². The molecule has 0 atom stereocenters. The Hall–Kier alpha value is -4.67. The van der Waals surface area contributed by atoms with Crippen molar-refractivity contribution < 1.29 is 31.9 Å². The van der Waals surface area contributed by atoms with E-state index in [1.165, 1.54) is 12.3 Å². The van der Waals surface area contributed by atoms with Gasteiger partial charge in [0.05, 0.1) is 24.1 Å². The normalized spacial score (nSPS) is 13.3. The van der Waals surface area contributed by atoms with Crippen LogP contribution < -0.4 is 4.74 Å². The van der Waals surface area contributed by atoms with E-state index in [1.807, 2.05) is 24.3 Å². The maximum absolute atomic E-state index is 13.9. The lowest BCUT2D eigenvalue weighted by Gasteiger charge is -2.29. The monoisotopic (exact) mass is 536 g/mol. The maximum atomic E-state index is 13.9. The van der Waals surface area contributed by atoms with Crippen molar-refractivity contribution in [3.8, 4) is 17.1 Å². The van der Waals surface area contributed by atoms with Crippen LogP contribution in [0.1, 0.15) is 43.1 Å². The number of halogens is 4. The van der Waals surface area contributed by atoms with E-state index in [2.05, 4.69) is 15.0 Å². The first-order chi connectivity index (χ1) is 18.6. The third-order valence-electron chi connectivity index (χ3n) is 6.37. The molecule has 0 radical (unpaired) electrons. The van der Waals surface area contributed by atoms with E-state index < -0.39 is 28.9 Å². The van der Waals surface area contributed by atoms with E-state index in [0.29, 0.717) is 54.2 Å². The minimum Gasteiger partial charge on any atom is -0.497 e. The fourth-order valence-corrected chi connectivity index (χ4v) is 4.43. The molecule has 0 saturated heterocycles. The second-order valence-corrected chi connectivity index (χ2v) is 8.85. The smallest absolute Gasteiger partial charge is 0.416 e. The van der Waals surface area contributed by atoms with Crippen LogP contribution in [0.4, 0.5) is 17.6 Å². The lowest BCUT2D eigenvalue weighted by molar-refractivity contribution is -0.137. The zero-order chi connectivity index (χ0) is 27.7. The highest BCUT2D eigenvalue weighted by atomic mass is 19.4. The van der Waals surface area contributed by atoms with Crippen LogP contribution in [0.5, 0.6) is 5.75 Å². The summed E-state index contributed by atoms with van der Waals surface area (Å²) in [4.78, 5) is 40.4. The van der Waals surface area contributed by atoms with Gasteiger partial charge in [-0.25, -0.2) is 14.4 Å². The Kier molecular flexibility index (Phi) is 6.81. The van der Waals surface area contributed by atoms with Crippen LogP contribution in [0.15, 0.2) is 67.1 Å². The number of aromatic nitrogens is 3. The molecule has 0 spiro atoms. The minimum absolute atomic E-state index is 0.194. The molecule has 4 aromatic rings. The summed E-state index contributed by atoms with van der Waals surface area (Å²) < 4.78 is 58.4. The number of hydrogen-bond donors (Lipinski definition) is 0. The first-order valence-electron chi connectivity index (χ1n) is 11.8. The molecule has 1 aliphatic rings. The Morgan fingerprint density at radius 1 is 1.03 bits per heavy atom. The lowest BCUT2D eigenvalue weighted by atomic mass is 9.95. The van der Waals surface area contributed by atoms with Crippen LogP contribution in [-0.4, -0.2) is 45.2 Å². The number of alkyl halides is 3. The van der Waals surface area contributed by atoms with Gasteiger partial charge in [-0.15, -0.1) is 0 Å². The Morgan fingerprint density at radius 3 is 2.51 bits per heavy atom. The van der Waals surface area contributed by atoms with E-state index >= 15 is 0 Å². The standard InChI is InChI=1S/C28H20F4N4O3/c1-39-20-4-2-16(3-5-20)14-36-9-7-21-22(27(36)38)6-8-33-25(21)23-13-24(35-15-34-23)26(37)17-10-18(28(30,31)32)12-19(29)11-17/h2-6,8,10-13,15H,7,9,14H2,1H3. The fourth-order valence-electron chi connectivity index (χ4n) is 4.43. The first-order valence-corrected chi connectivity index (χ1v) is 11.8. The molecular formula is C28H20F4N4O3. The zero-order valence-electron chi connectivity index (χ0n) is 20.5. The molecule has 2 aromatic heterocycles. The number of methoxy groups -OCH3 is 1. The van der Waals surface area contributed by atoms with Gasteiger partial charge in [0.25, 0.3) is 5.91 Å². The van der Waals surface area contributed by atoms with Gasteiger partial charge in [0.1, 0.15) is 23.6 Å². The Labute approximate surface area is 220 Å². The number of carbonyl (C=O) groups excluding carboxylic acids is 2. The van der Waals surface area contributed by atoms with Crippen LogP contribution in [0, 0.1) is 5.82 Å². The Balaban J connectivity index is 1.43. The second kappa shape index (κ2) is 10.2. The van der Waals surface area contributed by atoms with Crippen LogP contribution >= 0.6 is 0 Å². The van der Waals surface area contributed by atoms with Gasteiger partial charge in [0.15, 0.2) is 0 Å². The Morgan fingerprint density at radius 2 is 1.79 bits per heavy atom. The minimum atomic E-state index is -4.82. The molecule has 0 saturated carbocycles. The molecule has 0 bridgehead atoms. The molecule has 11 heteroatoms. The predicted octanol–water partition coefficient (Wildman–Crippen LogP) is 5.13. The molecule has 7 nitrogen and oxygen atoms in total. The molecule has 0 fully saturated rings. The summed E-state index contributed by atoms with van der Waals surface area (Å²) in [6.45, 7) is 0.816. The average molecular weight is 536 g/mol. The number of benzene rings is 2. The van der Waals surface area contributed by atoms with Crippen molar-refractivity contribution >= 4 is 11.7 Å². The average Bonchev–Trinajstić information content (AvgIpc) is 2.93. The molecule has 198 valence electrons. The number of nitrogens with zero attached hydrogens (tertiary/aromatic N) is 4. The third kappa shape index (κ3) is 5.33. The quantitative estimate of drug-likeness (QED) is 0.251. The molecule has 5 rings (SSSR count). The van der Waals surface area contributed by atoms with E-state index in [0.717, 1.165) is 18.0 Å². The van der Waals surface area contributed by atoms with Gasteiger partial charge in [-0.3, -0.25) is 14.6 Å². The van der Waals surface area contributed by atoms with Gasteiger partial charge in [-0.1, -0.05) is 12.1 Å².